The van der Waals surface area contributed by atoms with Crippen LogP contribution in [0, 0.1) is 0 Å². The molecule has 0 aliphatic carbocycles. The Hall–Kier alpha value is -1.000. The molecule has 0 fully saturated rings. The van der Waals surface area contributed by atoms with Crippen LogP contribution in [0.25, 0.3) is 11.1 Å². The van der Waals surface area contributed by atoms with Crippen molar-refractivity contribution in [3.63, 3.8) is 0 Å². The van der Waals surface area contributed by atoms with Gasteiger partial charge < -0.3 is 4.74 Å². The lowest BCUT2D eigenvalue weighted by atomic mass is 10.1. The van der Waals surface area contributed by atoms with Crippen LogP contribution < -0.4 is 0 Å². The minimum Gasteiger partial charge on any atom is -0.464 e. The Labute approximate surface area is 135 Å². The molecule has 1 heterocycles. The Kier molecular flexibility index (Phi) is 4.76. The monoisotopic (exact) mass is 349 g/mol. The van der Waals surface area contributed by atoms with Crippen LogP contribution in [0.15, 0.2) is 24.3 Å². The number of pyridine rings is 1. The predicted octanol–water partition coefficient (Wildman–Crippen LogP) is 5.15. The fraction of sp³-hybridized carbons (Fsp3) is 0.0769. The first-order valence-corrected chi connectivity index (χ1v) is 6.85. The van der Waals surface area contributed by atoms with Gasteiger partial charge in [-0.2, -0.15) is 0 Å². The number of hydrogen-bond donors (Lipinski definition) is 0. The SMILES string of the molecule is COC(=O)c1ccc(-c2c(Cl)cc(Cl)cc2Cl)c(Cl)n1. The number of rotatable bonds is 2. The molecule has 0 spiro atoms. The standard InChI is InChI=1S/C13H7Cl4NO2/c1-20-13(19)10-3-2-7(12(17)18-10)11-8(15)4-6(14)5-9(11)16/h2-5H,1H3. The van der Waals surface area contributed by atoms with Crippen LogP contribution >= 0.6 is 46.4 Å². The number of aromatic nitrogens is 1. The zero-order valence-corrected chi connectivity index (χ0v) is 13.1. The third-order valence-electron chi connectivity index (χ3n) is 2.52. The molecular weight excluding hydrogens is 344 g/mol. The van der Waals surface area contributed by atoms with Gasteiger partial charge in [0, 0.05) is 16.1 Å². The summed E-state index contributed by atoms with van der Waals surface area (Å²) in [6, 6.07) is 6.18. The second-order valence-electron chi connectivity index (χ2n) is 3.77. The molecule has 0 aliphatic rings. The number of halogens is 4. The molecular formula is C13H7Cl4NO2. The minimum absolute atomic E-state index is 0.0963. The smallest absolute Gasteiger partial charge is 0.356 e. The van der Waals surface area contributed by atoms with E-state index in [-0.39, 0.29) is 10.8 Å². The molecule has 1 aromatic heterocycles. The van der Waals surface area contributed by atoms with Crippen LogP contribution in [0.1, 0.15) is 10.5 Å². The molecule has 0 unspecified atom stereocenters. The first-order chi connectivity index (χ1) is 9.43. The molecule has 0 bridgehead atoms. The third-order valence-corrected chi connectivity index (χ3v) is 3.62. The summed E-state index contributed by atoms with van der Waals surface area (Å²) < 4.78 is 4.57. The average Bonchev–Trinajstić information content (AvgIpc) is 2.38. The zero-order chi connectivity index (χ0) is 14.9. The van der Waals surface area contributed by atoms with Gasteiger partial charge in [-0.05, 0) is 24.3 Å². The number of benzene rings is 1. The Morgan fingerprint density at radius 1 is 1.10 bits per heavy atom. The normalized spacial score (nSPS) is 10.4. The van der Waals surface area contributed by atoms with E-state index in [0.717, 1.165) is 0 Å². The number of hydrogen-bond acceptors (Lipinski definition) is 3. The van der Waals surface area contributed by atoms with Crippen molar-refractivity contribution in [2.24, 2.45) is 0 Å². The Morgan fingerprint density at radius 3 is 2.20 bits per heavy atom. The van der Waals surface area contributed by atoms with E-state index >= 15 is 0 Å². The number of esters is 1. The molecule has 20 heavy (non-hydrogen) atoms. The summed E-state index contributed by atoms with van der Waals surface area (Å²) >= 11 is 24.2. The van der Waals surface area contributed by atoms with Crippen LogP contribution in [0.5, 0.6) is 0 Å². The van der Waals surface area contributed by atoms with Crippen molar-refractivity contribution in [3.8, 4) is 11.1 Å². The molecule has 2 aromatic rings. The molecule has 0 N–H and O–H groups in total. The number of methoxy groups -OCH3 is 1. The molecule has 3 nitrogen and oxygen atoms in total. The zero-order valence-electron chi connectivity index (χ0n) is 10.1. The maximum absolute atomic E-state index is 11.4. The molecule has 0 aliphatic heterocycles. The Morgan fingerprint density at radius 2 is 1.70 bits per heavy atom. The van der Waals surface area contributed by atoms with Crippen molar-refractivity contribution in [1.29, 1.82) is 0 Å². The van der Waals surface area contributed by atoms with Gasteiger partial charge in [-0.15, -0.1) is 0 Å². The summed E-state index contributed by atoms with van der Waals surface area (Å²) in [5.74, 6) is -0.577. The highest BCUT2D eigenvalue weighted by molar-refractivity contribution is 6.43. The lowest BCUT2D eigenvalue weighted by Crippen LogP contribution is -2.04. The second kappa shape index (κ2) is 6.19. The van der Waals surface area contributed by atoms with Crippen molar-refractivity contribution in [3.05, 3.63) is 50.2 Å². The predicted molar refractivity (Wildman–Crippen MR) is 81.1 cm³/mol. The molecule has 0 saturated carbocycles. The first-order valence-electron chi connectivity index (χ1n) is 5.34. The fourth-order valence-corrected chi connectivity index (χ4v) is 2.91. The third kappa shape index (κ3) is 3.01. The maximum atomic E-state index is 11.4. The number of carbonyl (C=O) groups is 1. The summed E-state index contributed by atoms with van der Waals surface area (Å²) in [5.41, 5.74) is 1.11. The summed E-state index contributed by atoms with van der Waals surface area (Å²) in [5, 5.41) is 1.20. The molecule has 104 valence electrons. The summed E-state index contributed by atoms with van der Waals surface area (Å²) in [7, 11) is 1.26. The Bertz CT molecular complexity index is 665. The molecule has 1 aromatic carbocycles. The van der Waals surface area contributed by atoms with Crippen molar-refractivity contribution in [2.45, 2.75) is 0 Å². The van der Waals surface area contributed by atoms with Crippen LogP contribution in [-0.4, -0.2) is 18.1 Å². The van der Waals surface area contributed by atoms with Gasteiger partial charge in [0.15, 0.2) is 0 Å². The molecule has 7 heteroatoms. The largest absolute Gasteiger partial charge is 0.464 e. The summed E-state index contributed by atoms with van der Waals surface area (Å²) in [6.07, 6.45) is 0. The van der Waals surface area contributed by atoms with Crippen molar-refractivity contribution in [1.82, 2.24) is 4.98 Å². The average molecular weight is 351 g/mol. The van der Waals surface area contributed by atoms with Gasteiger partial charge in [-0.1, -0.05) is 46.4 Å². The summed E-state index contributed by atoms with van der Waals surface area (Å²) in [6.45, 7) is 0. The van der Waals surface area contributed by atoms with E-state index in [1.165, 1.54) is 13.2 Å². The van der Waals surface area contributed by atoms with E-state index in [1.807, 2.05) is 0 Å². The highest BCUT2D eigenvalue weighted by Gasteiger charge is 2.16. The topological polar surface area (TPSA) is 39.2 Å². The van der Waals surface area contributed by atoms with Crippen LogP contribution in [0.2, 0.25) is 20.2 Å². The molecule has 2 rings (SSSR count). The van der Waals surface area contributed by atoms with Gasteiger partial charge in [-0.3, -0.25) is 0 Å². The quantitative estimate of drug-likeness (QED) is 0.555. The van der Waals surface area contributed by atoms with Gasteiger partial charge in [-0.25, -0.2) is 9.78 Å². The summed E-state index contributed by atoms with van der Waals surface area (Å²) in [4.78, 5) is 15.3. The first kappa shape index (κ1) is 15.4. The highest BCUT2D eigenvalue weighted by atomic mass is 35.5. The van der Waals surface area contributed by atoms with Crippen molar-refractivity contribution < 1.29 is 9.53 Å². The molecule has 0 atom stereocenters. The Balaban J connectivity index is 2.57. The highest BCUT2D eigenvalue weighted by Crippen LogP contribution is 2.39. The van der Waals surface area contributed by atoms with Gasteiger partial charge in [0.05, 0.1) is 17.2 Å². The van der Waals surface area contributed by atoms with Crippen LogP contribution in [0.3, 0.4) is 0 Å². The van der Waals surface area contributed by atoms with E-state index in [2.05, 4.69) is 9.72 Å². The van der Waals surface area contributed by atoms with Crippen LogP contribution in [0.4, 0.5) is 0 Å². The van der Waals surface area contributed by atoms with Gasteiger partial charge in [0.1, 0.15) is 10.8 Å². The lowest BCUT2D eigenvalue weighted by molar-refractivity contribution is 0.0594. The lowest BCUT2D eigenvalue weighted by Gasteiger charge is -2.10. The van der Waals surface area contributed by atoms with Crippen molar-refractivity contribution >= 4 is 52.4 Å². The minimum atomic E-state index is -0.577. The van der Waals surface area contributed by atoms with Crippen molar-refractivity contribution in [2.75, 3.05) is 7.11 Å². The molecule has 0 amide bonds. The van der Waals surface area contributed by atoms with Gasteiger partial charge in [0.2, 0.25) is 0 Å². The maximum Gasteiger partial charge on any atom is 0.356 e. The number of carbonyl (C=O) groups excluding carboxylic acids is 1. The molecule has 0 saturated heterocycles. The van der Waals surface area contributed by atoms with E-state index in [4.69, 9.17) is 46.4 Å². The van der Waals surface area contributed by atoms with E-state index in [0.29, 0.717) is 26.2 Å². The number of ether oxygens (including phenoxy) is 1. The van der Waals surface area contributed by atoms with E-state index in [1.54, 1.807) is 18.2 Å². The van der Waals surface area contributed by atoms with E-state index in [9.17, 15) is 4.79 Å². The number of nitrogens with zero attached hydrogens (tertiary/aromatic N) is 1. The van der Waals surface area contributed by atoms with Gasteiger partial charge >= 0.3 is 5.97 Å². The van der Waals surface area contributed by atoms with Gasteiger partial charge in [0.25, 0.3) is 0 Å². The molecule has 0 radical (unpaired) electrons. The van der Waals surface area contributed by atoms with Crippen LogP contribution in [-0.2, 0) is 4.74 Å². The fourth-order valence-electron chi connectivity index (χ4n) is 1.64. The second-order valence-corrected chi connectivity index (χ2v) is 5.38. The van der Waals surface area contributed by atoms with E-state index < -0.39 is 5.97 Å².